The highest BCUT2D eigenvalue weighted by molar-refractivity contribution is 6.46. The molecule has 5 rings (SSSR count). The number of carbonyl (C=O) groups excluding carboxylic acids is 2. The molecule has 7 heteroatoms. The van der Waals surface area contributed by atoms with Crippen molar-refractivity contribution in [1.82, 2.24) is 4.90 Å². The van der Waals surface area contributed by atoms with E-state index in [9.17, 15) is 19.1 Å². The number of hydrogen-bond donors (Lipinski definition) is 1. The largest absolute Gasteiger partial charge is 0.507 e. The van der Waals surface area contributed by atoms with Crippen molar-refractivity contribution in [1.29, 1.82) is 0 Å². The quantitative estimate of drug-likeness (QED) is 0.210. The number of amides is 1. The first-order chi connectivity index (χ1) is 17.5. The van der Waals surface area contributed by atoms with Crippen LogP contribution >= 0.6 is 0 Å². The number of benzene rings is 3. The fraction of sp³-hybridized carbons (Fsp3) is 0.103. The monoisotopic (exact) mass is 483 g/mol. The number of hydrogen-bond acceptors (Lipinski definition) is 5. The molecule has 4 aromatic rings. The second kappa shape index (κ2) is 9.92. The van der Waals surface area contributed by atoms with Crippen LogP contribution in [0.25, 0.3) is 5.76 Å². The number of rotatable bonds is 7. The second-order valence-corrected chi connectivity index (χ2v) is 8.36. The number of likely N-dealkylation sites (tertiary alicyclic amines) is 1. The summed E-state index contributed by atoms with van der Waals surface area (Å²) >= 11 is 0. The molecule has 1 aliphatic rings. The summed E-state index contributed by atoms with van der Waals surface area (Å²) in [4.78, 5) is 27.5. The lowest BCUT2D eigenvalue weighted by atomic mass is 9.95. The summed E-state index contributed by atoms with van der Waals surface area (Å²) in [6, 6.07) is 24.4. The van der Waals surface area contributed by atoms with Crippen LogP contribution < -0.4 is 4.74 Å². The summed E-state index contributed by atoms with van der Waals surface area (Å²) in [5.41, 5.74) is 1.79. The number of Topliss-reactive ketones (excluding diaryl/α,β-unsaturated/α-hetero) is 1. The first-order valence-corrected chi connectivity index (χ1v) is 11.3. The zero-order valence-electron chi connectivity index (χ0n) is 19.1. The van der Waals surface area contributed by atoms with Gasteiger partial charge in [0.1, 0.15) is 29.7 Å². The van der Waals surface area contributed by atoms with Gasteiger partial charge in [-0.1, -0.05) is 42.5 Å². The number of halogens is 1. The predicted molar refractivity (Wildman–Crippen MR) is 130 cm³/mol. The van der Waals surface area contributed by atoms with E-state index in [2.05, 4.69) is 0 Å². The number of carbonyl (C=O) groups is 2. The molecule has 1 fully saturated rings. The molecule has 0 bridgehead atoms. The van der Waals surface area contributed by atoms with Crippen LogP contribution in [-0.4, -0.2) is 21.7 Å². The summed E-state index contributed by atoms with van der Waals surface area (Å²) in [5, 5.41) is 11.0. The molecule has 1 aliphatic heterocycles. The van der Waals surface area contributed by atoms with Crippen molar-refractivity contribution < 1.29 is 28.2 Å². The first kappa shape index (κ1) is 23.1. The molecule has 0 saturated carbocycles. The summed E-state index contributed by atoms with van der Waals surface area (Å²) < 4.78 is 24.7. The molecule has 0 spiro atoms. The van der Waals surface area contributed by atoms with Crippen LogP contribution in [0.4, 0.5) is 4.39 Å². The van der Waals surface area contributed by atoms with E-state index in [1.807, 2.05) is 30.3 Å². The van der Waals surface area contributed by atoms with Crippen LogP contribution in [0.3, 0.4) is 0 Å². The molecule has 3 aromatic carbocycles. The van der Waals surface area contributed by atoms with Gasteiger partial charge >= 0.3 is 0 Å². The van der Waals surface area contributed by atoms with Crippen molar-refractivity contribution in [2.75, 3.05) is 0 Å². The maximum absolute atomic E-state index is 13.4. The number of aliphatic hydroxyl groups is 1. The maximum atomic E-state index is 13.4. The molecule has 0 unspecified atom stereocenters. The zero-order valence-corrected chi connectivity index (χ0v) is 19.1. The fourth-order valence-electron chi connectivity index (χ4n) is 4.21. The summed E-state index contributed by atoms with van der Waals surface area (Å²) in [6.07, 6.45) is 1.48. The number of furan rings is 1. The Labute approximate surface area is 206 Å². The van der Waals surface area contributed by atoms with Crippen LogP contribution in [0.15, 0.2) is 107 Å². The molecular weight excluding hydrogens is 461 g/mol. The molecule has 0 aliphatic carbocycles. The van der Waals surface area contributed by atoms with Crippen LogP contribution in [0.1, 0.15) is 28.5 Å². The molecule has 1 atom stereocenters. The standard InChI is InChI=1S/C29H22FNO5/c30-22-12-8-21(9-13-22)27(32)25-26(31(29(34)28(25)33)17-24-7-4-16-35-24)20-10-14-23(15-11-20)36-18-19-5-2-1-3-6-19/h1-16,26,32H,17-18H2/t26-/m0/s1. The highest BCUT2D eigenvalue weighted by Crippen LogP contribution is 2.40. The van der Waals surface area contributed by atoms with Gasteiger partial charge in [0.2, 0.25) is 0 Å². The second-order valence-electron chi connectivity index (χ2n) is 8.36. The van der Waals surface area contributed by atoms with Gasteiger partial charge in [-0.05, 0) is 59.7 Å². The topological polar surface area (TPSA) is 80.0 Å². The number of nitrogens with zero attached hydrogens (tertiary/aromatic N) is 1. The van der Waals surface area contributed by atoms with Crippen molar-refractivity contribution in [2.45, 2.75) is 19.2 Å². The van der Waals surface area contributed by atoms with Gasteiger partial charge in [0.05, 0.1) is 24.4 Å². The van der Waals surface area contributed by atoms with Crippen molar-refractivity contribution in [3.8, 4) is 5.75 Å². The minimum atomic E-state index is -0.872. The van der Waals surface area contributed by atoms with Crippen molar-refractivity contribution in [2.24, 2.45) is 0 Å². The molecule has 1 N–H and O–H groups in total. The average Bonchev–Trinajstić information content (AvgIpc) is 3.51. The summed E-state index contributed by atoms with van der Waals surface area (Å²) in [7, 11) is 0. The third-order valence-corrected chi connectivity index (χ3v) is 6.01. The average molecular weight is 483 g/mol. The van der Waals surface area contributed by atoms with E-state index in [0.717, 1.165) is 5.56 Å². The van der Waals surface area contributed by atoms with E-state index in [4.69, 9.17) is 9.15 Å². The molecule has 2 heterocycles. The van der Waals surface area contributed by atoms with E-state index in [1.165, 1.54) is 35.4 Å². The van der Waals surface area contributed by atoms with E-state index >= 15 is 0 Å². The third-order valence-electron chi connectivity index (χ3n) is 6.01. The molecule has 1 amide bonds. The lowest BCUT2D eigenvalue weighted by Crippen LogP contribution is -2.29. The van der Waals surface area contributed by atoms with Crippen molar-refractivity contribution in [3.63, 3.8) is 0 Å². The van der Waals surface area contributed by atoms with E-state index in [1.54, 1.807) is 36.4 Å². The highest BCUT2D eigenvalue weighted by atomic mass is 19.1. The van der Waals surface area contributed by atoms with Crippen LogP contribution in [-0.2, 0) is 22.7 Å². The van der Waals surface area contributed by atoms with Gasteiger partial charge in [-0.25, -0.2) is 4.39 Å². The molecular formula is C29H22FNO5. The summed E-state index contributed by atoms with van der Waals surface area (Å²) in [6.45, 7) is 0.427. The Hall–Kier alpha value is -4.65. The molecule has 6 nitrogen and oxygen atoms in total. The zero-order chi connectivity index (χ0) is 25.1. The molecule has 0 radical (unpaired) electrons. The van der Waals surface area contributed by atoms with Gasteiger partial charge in [0.25, 0.3) is 11.7 Å². The lowest BCUT2D eigenvalue weighted by Gasteiger charge is -2.24. The van der Waals surface area contributed by atoms with Crippen molar-refractivity contribution >= 4 is 17.4 Å². The van der Waals surface area contributed by atoms with Gasteiger partial charge in [-0.2, -0.15) is 0 Å². The minimum absolute atomic E-state index is 0.0364. The normalized spacial score (nSPS) is 16.9. The maximum Gasteiger partial charge on any atom is 0.296 e. The Morgan fingerprint density at radius 2 is 1.64 bits per heavy atom. The van der Waals surface area contributed by atoms with Gasteiger partial charge < -0.3 is 19.2 Å². The van der Waals surface area contributed by atoms with E-state index in [-0.39, 0.29) is 23.4 Å². The molecule has 1 aromatic heterocycles. The minimum Gasteiger partial charge on any atom is -0.507 e. The van der Waals surface area contributed by atoms with Gasteiger partial charge in [0.15, 0.2) is 0 Å². The molecule has 1 saturated heterocycles. The van der Waals surface area contributed by atoms with Gasteiger partial charge in [0, 0.05) is 5.56 Å². The van der Waals surface area contributed by atoms with Crippen LogP contribution in [0.2, 0.25) is 0 Å². The Kier molecular flexibility index (Phi) is 6.36. The number of ketones is 1. The molecule has 36 heavy (non-hydrogen) atoms. The first-order valence-electron chi connectivity index (χ1n) is 11.3. The number of aliphatic hydroxyl groups excluding tert-OH is 1. The Bertz CT molecular complexity index is 1390. The third kappa shape index (κ3) is 4.63. The predicted octanol–water partition coefficient (Wildman–Crippen LogP) is 5.62. The smallest absolute Gasteiger partial charge is 0.296 e. The Morgan fingerprint density at radius 3 is 2.31 bits per heavy atom. The Balaban J connectivity index is 1.50. The SMILES string of the molecule is O=C1C(=O)N(Cc2ccco2)[C@@H](c2ccc(OCc3ccccc3)cc2)C1=C(O)c1ccc(F)cc1. The van der Waals surface area contributed by atoms with Gasteiger partial charge in [-0.15, -0.1) is 0 Å². The highest BCUT2D eigenvalue weighted by Gasteiger charge is 2.46. The number of ether oxygens (including phenoxy) is 1. The van der Waals surface area contributed by atoms with Gasteiger partial charge in [-0.3, -0.25) is 9.59 Å². The summed E-state index contributed by atoms with van der Waals surface area (Å²) in [5.74, 6) is -1.32. The Morgan fingerprint density at radius 1 is 0.917 bits per heavy atom. The van der Waals surface area contributed by atoms with Crippen molar-refractivity contribution in [3.05, 3.63) is 131 Å². The van der Waals surface area contributed by atoms with Crippen LogP contribution in [0.5, 0.6) is 5.75 Å². The van der Waals surface area contributed by atoms with E-state index < -0.39 is 23.5 Å². The fourth-order valence-corrected chi connectivity index (χ4v) is 4.21. The lowest BCUT2D eigenvalue weighted by molar-refractivity contribution is -0.140. The van der Waals surface area contributed by atoms with Crippen LogP contribution in [0, 0.1) is 5.82 Å². The molecule has 180 valence electrons. The van der Waals surface area contributed by atoms with E-state index in [0.29, 0.717) is 23.7 Å².